The Morgan fingerprint density at radius 3 is 2.50 bits per heavy atom. The zero-order chi connectivity index (χ0) is 26.7. The number of thioether (sulfide) groups is 1. The molecule has 2 amide bonds. The molecule has 0 bridgehead atoms. The molecule has 0 saturated carbocycles. The maximum Gasteiger partial charge on any atom is 0.325 e. The van der Waals surface area contributed by atoms with Crippen LogP contribution in [-0.4, -0.2) is 47.1 Å². The molecule has 9 nitrogen and oxygen atoms in total. The molecule has 3 atom stereocenters. The van der Waals surface area contributed by atoms with E-state index in [1.54, 1.807) is 37.0 Å². The van der Waals surface area contributed by atoms with Gasteiger partial charge in [0.2, 0.25) is 0 Å². The van der Waals surface area contributed by atoms with Crippen LogP contribution in [-0.2, 0) is 25.6 Å². The maximum absolute atomic E-state index is 12.1. The molecule has 2 aromatic carbocycles. The molecular weight excluding hydrogens is 506 g/mol. The number of esters is 1. The van der Waals surface area contributed by atoms with Crippen molar-refractivity contribution in [2.75, 3.05) is 24.2 Å². The second-order valence-corrected chi connectivity index (χ2v) is 9.60. The average molecular weight is 538 g/mol. The fraction of sp³-hybridized carbons (Fsp3) is 0.321. The largest absolute Gasteiger partial charge is 0.465 e. The van der Waals surface area contributed by atoms with Gasteiger partial charge < -0.3 is 30.0 Å². The molecule has 0 radical (unpaired) electrons. The van der Waals surface area contributed by atoms with Gasteiger partial charge in [0.1, 0.15) is 6.54 Å². The van der Waals surface area contributed by atoms with Crippen molar-refractivity contribution >= 4 is 29.4 Å². The van der Waals surface area contributed by atoms with Crippen LogP contribution in [0.1, 0.15) is 42.4 Å². The Kier molecular flexibility index (Phi) is 10.1. The van der Waals surface area contributed by atoms with Crippen LogP contribution >= 0.6 is 11.8 Å². The smallest absolute Gasteiger partial charge is 0.325 e. The minimum Gasteiger partial charge on any atom is -0.465 e. The SMILES string of the molecule is CCOC(=O)CNC(=O)Nc1ccc([C@@H]2O[C@H](CSc3ccccn3)C[C@H](c3ccc(CO)cc3)O2)cc1. The van der Waals surface area contributed by atoms with Gasteiger partial charge in [-0.3, -0.25) is 4.79 Å². The second kappa shape index (κ2) is 13.9. The zero-order valence-corrected chi connectivity index (χ0v) is 21.9. The van der Waals surface area contributed by atoms with E-state index < -0.39 is 18.3 Å². The topological polar surface area (TPSA) is 119 Å². The number of hydrogen-bond acceptors (Lipinski definition) is 8. The molecule has 3 aromatic rings. The number of aliphatic hydroxyl groups excluding tert-OH is 1. The molecule has 0 unspecified atom stereocenters. The second-order valence-electron chi connectivity index (χ2n) is 8.56. The van der Waals surface area contributed by atoms with E-state index in [-0.39, 0.29) is 32.0 Å². The minimum absolute atomic E-state index is 0.0118. The van der Waals surface area contributed by atoms with E-state index in [1.165, 1.54) is 0 Å². The lowest BCUT2D eigenvalue weighted by molar-refractivity contribution is -0.245. The van der Waals surface area contributed by atoms with Crippen molar-refractivity contribution in [3.63, 3.8) is 0 Å². The monoisotopic (exact) mass is 537 g/mol. The van der Waals surface area contributed by atoms with E-state index in [0.29, 0.717) is 17.9 Å². The van der Waals surface area contributed by atoms with Gasteiger partial charge in [0.15, 0.2) is 6.29 Å². The van der Waals surface area contributed by atoms with Gasteiger partial charge in [-0.05, 0) is 42.3 Å². The number of aliphatic hydroxyl groups is 1. The maximum atomic E-state index is 12.1. The summed E-state index contributed by atoms with van der Waals surface area (Å²) in [6.45, 7) is 1.74. The minimum atomic E-state index is -0.604. The van der Waals surface area contributed by atoms with E-state index >= 15 is 0 Å². The van der Waals surface area contributed by atoms with Crippen LogP contribution in [0.2, 0.25) is 0 Å². The lowest BCUT2D eigenvalue weighted by Crippen LogP contribution is -2.34. The molecule has 0 aliphatic carbocycles. The van der Waals surface area contributed by atoms with Crippen molar-refractivity contribution in [1.29, 1.82) is 0 Å². The molecule has 10 heteroatoms. The summed E-state index contributed by atoms with van der Waals surface area (Å²) in [5.41, 5.74) is 3.23. The van der Waals surface area contributed by atoms with Crippen LogP contribution in [0, 0.1) is 0 Å². The number of rotatable bonds is 10. The van der Waals surface area contributed by atoms with E-state index in [2.05, 4.69) is 15.6 Å². The highest BCUT2D eigenvalue weighted by Gasteiger charge is 2.32. The van der Waals surface area contributed by atoms with Crippen LogP contribution < -0.4 is 10.6 Å². The lowest BCUT2D eigenvalue weighted by Gasteiger charge is -2.36. The van der Waals surface area contributed by atoms with Crippen LogP contribution in [0.15, 0.2) is 78.0 Å². The Morgan fingerprint density at radius 2 is 1.82 bits per heavy atom. The number of hydrogen-bond donors (Lipinski definition) is 3. The first-order chi connectivity index (χ1) is 18.5. The zero-order valence-electron chi connectivity index (χ0n) is 21.0. The first-order valence-electron chi connectivity index (χ1n) is 12.4. The van der Waals surface area contributed by atoms with Gasteiger partial charge in [-0.1, -0.05) is 42.5 Å². The van der Waals surface area contributed by atoms with Crippen molar-refractivity contribution in [2.24, 2.45) is 0 Å². The third kappa shape index (κ3) is 8.03. The number of carbonyl (C=O) groups is 2. The predicted octanol–water partition coefficient (Wildman–Crippen LogP) is 4.60. The molecule has 3 N–H and O–H groups in total. The summed E-state index contributed by atoms with van der Waals surface area (Å²) < 4.78 is 17.5. The van der Waals surface area contributed by atoms with Crippen molar-refractivity contribution in [3.05, 3.63) is 89.6 Å². The summed E-state index contributed by atoms with van der Waals surface area (Å²) in [7, 11) is 0. The molecule has 1 fully saturated rings. The Hall–Kier alpha value is -3.44. The van der Waals surface area contributed by atoms with Crippen LogP contribution in [0.25, 0.3) is 0 Å². The number of aromatic nitrogens is 1. The molecular formula is C28H31N3O6S. The van der Waals surface area contributed by atoms with Gasteiger partial charge in [0, 0.05) is 29.6 Å². The molecule has 1 aromatic heterocycles. The van der Waals surface area contributed by atoms with Crippen molar-refractivity contribution in [3.8, 4) is 0 Å². The summed E-state index contributed by atoms with van der Waals surface area (Å²) in [5, 5.41) is 15.5. The predicted molar refractivity (Wildman–Crippen MR) is 143 cm³/mol. The fourth-order valence-electron chi connectivity index (χ4n) is 3.90. The van der Waals surface area contributed by atoms with Crippen molar-refractivity contribution in [1.82, 2.24) is 10.3 Å². The van der Waals surface area contributed by atoms with Gasteiger partial charge in [-0.2, -0.15) is 0 Å². The number of pyridine rings is 1. The number of ether oxygens (including phenoxy) is 3. The van der Waals surface area contributed by atoms with Crippen LogP contribution in [0.3, 0.4) is 0 Å². The number of nitrogens with zero attached hydrogens (tertiary/aromatic N) is 1. The van der Waals surface area contributed by atoms with E-state index in [0.717, 1.165) is 21.7 Å². The van der Waals surface area contributed by atoms with Crippen molar-refractivity contribution in [2.45, 2.75) is 43.5 Å². The quantitative estimate of drug-likeness (QED) is 0.254. The summed E-state index contributed by atoms with van der Waals surface area (Å²) in [5.74, 6) is 0.212. The first-order valence-corrected chi connectivity index (χ1v) is 13.4. The highest BCUT2D eigenvalue weighted by Crippen LogP contribution is 2.39. The Balaban J connectivity index is 1.42. The van der Waals surface area contributed by atoms with Gasteiger partial charge >= 0.3 is 12.0 Å². The van der Waals surface area contributed by atoms with Crippen molar-refractivity contribution < 1.29 is 28.9 Å². The summed E-state index contributed by atoms with van der Waals surface area (Å²) in [6, 6.07) is 20.2. The lowest BCUT2D eigenvalue weighted by atomic mass is 10.0. The summed E-state index contributed by atoms with van der Waals surface area (Å²) in [6.07, 6.45) is 1.56. The molecule has 0 spiro atoms. The van der Waals surface area contributed by atoms with Crippen LogP contribution in [0.5, 0.6) is 0 Å². The number of nitrogens with one attached hydrogen (secondary N) is 2. The van der Waals surface area contributed by atoms with Gasteiger partial charge in [0.25, 0.3) is 0 Å². The number of carbonyl (C=O) groups excluding carboxylic acids is 2. The standard InChI is InChI=1S/C28H31N3O6S/c1-2-35-26(33)16-30-28(34)31-22-12-10-21(11-13-22)27-36-23(18-38-25-5-3-4-14-29-25)15-24(37-27)20-8-6-19(17-32)7-9-20/h3-14,23-24,27,32H,2,15-18H2,1H3,(H2,30,31,34)/t23-,24+,27+/m0/s1. The molecule has 200 valence electrons. The highest BCUT2D eigenvalue weighted by molar-refractivity contribution is 7.99. The number of amides is 2. The average Bonchev–Trinajstić information content (AvgIpc) is 2.96. The molecule has 1 aliphatic heterocycles. The summed E-state index contributed by atoms with van der Waals surface area (Å²) in [4.78, 5) is 27.9. The third-order valence-corrected chi connectivity index (χ3v) is 6.88. The first kappa shape index (κ1) is 27.6. The van der Waals surface area contributed by atoms with Gasteiger partial charge in [-0.25, -0.2) is 9.78 Å². The van der Waals surface area contributed by atoms with Gasteiger partial charge in [0.05, 0.1) is 30.4 Å². The van der Waals surface area contributed by atoms with E-state index in [4.69, 9.17) is 14.2 Å². The highest BCUT2D eigenvalue weighted by atomic mass is 32.2. The van der Waals surface area contributed by atoms with E-state index in [1.807, 2.05) is 54.6 Å². The van der Waals surface area contributed by atoms with E-state index in [9.17, 15) is 14.7 Å². The Labute approximate surface area is 225 Å². The molecule has 1 saturated heterocycles. The number of urea groups is 1. The van der Waals surface area contributed by atoms with Crippen LogP contribution in [0.4, 0.5) is 10.5 Å². The molecule has 1 aliphatic rings. The molecule has 38 heavy (non-hydrogen) atoms. The summed E-state index contributed by atoms with van der Waals surface area (Å²) >= 11 is 1.63. The Morgan fingerprint density at radius 1 is 1.05 bits per heavy atom. The fourth-order valence-corrected chi connectivity index (χ4v) is 4.78. The van der Waals surface area contributed by atoms with Gasteiger partial charge in [-0.15, -0.1) is 11.8 Å². The number of benzene rings is 2. The number of anilines is 1. The normalized spacial score (nSPS) is 18.9. The third-order valence-electron chi connectivity index (χ3n) is 5.81. The molecule has 2 heterocycles. The molecule has 4 rings (SSSR count). The Bertz CT molecular complexity index is 1180.